The molecule has 1 spiro atoms. The Kier molecular flexibility index (Phi) is 3.90. The van der Waals surface area contributed by atoms with Gasteiger partial charge in [-0.25, -0.2) is 8.42 Å². The van der Waals surface area contributed by atoms with Gasteiger partial charge in [0.2, 0.25) is 0 Å². The monoisotopic (exact) mass is 391 g/mol. The molecule has 1 aromatic heterocycles. The van der Waals surface area contributed by atoms with E-state index >= 15 is 0 Å². The smallest absolute Gasteiger partial charge is 0.273 e. The summed E-state index contributed by atoms with van der Waals surface area (Å²) in [6.45, 7) is 1.65. The highest BCUT2D eigenvalue weighted by atomic mass is 32.2. The van der Waals surface area contributed by atoms with Crippen LogP contribution in [-0.2, 0) is 24.9 Å². The summed E-state index contributed by atoms with van der Waals surface area (Å²) in [5.74, 6) is 0. The molecule has 0 atom stereocenters. The van der Waals surface area contributed by atoms with E-state index in [9.17, 15) is 8.42 Å². The molecule has 3 aliphatic rings. The molecule has 0 bridgehead atoms. The molecule has 0 N–H and O–H groups in total. The van der Waals surface area contributed by atoms with E-state index in [-0.39, 0.29) is 5.41 Å². The molecule has 0 unspecified atom stereocenters. The first-order chi connectivity index (χ1) is 12.6. The summed E-state index contributed by atoms with van der Waals surface area (Å²) < 4.78 is 39.8. The number of thiophene rings is 1. The number of benzene rings is 1. The fourth-order valence-electron chi connectivity index (χ4n) is 4.53. The van der Waals surface area contributed by atoms with Crippen molar-refractivity contribution in [2.45, 2.75) is 41.6 Å². The van der Waals surface area contributed by atoms with Crippen molar-refractivity contribution >= 4 is 27.0 Å². The van der Waals surface area contributed by atoms with Crippen LogP contribution in [0.5, 0.6) is 0 Å². The lowest BCUT2D eigenvalue weighted by Gasteiger charge is -2.25. The maximum absolute atomic E-state index is 13.4. The first-order valence-corrected chi connectivity index (χ1v) is 11.4. The first kappa shape index (κ1) is 16.7. The molecule has 5 rings (SSSR count). The topological polar surface area (TPSA) is 55.8 Å². The third kappa shape index (κ3) is 2.45. The van der Waals surface area contributed by atoms with E-state index in [1.165, 1.54) is 29.7 Å². The average Bonchev–Trinajstić information content (AvgIpc) is 3.44. The normalized spacial score (nSPS) is 22.4. The maximum atomic E-state index is 13.4. The van der Waals surface area contributed by atoms with Gasteiger partial charge in [-0.1, -0.05) is 31.0 Å². The van der Waals surface area contributed by atoms with Crippen molar-refractivity contribution in [3.05, 3.63) is 46.8 Å². The van der Waals surface area contributed by atoms with Crippen LogP contribution in [-0.4, -0.2) is 28.2 Å². The van der Waals surface area contributed by atoms with Crippen molar-refractivity contribution in [2.24, 2.45) is 0 Å². The Morgan fingerprint density at radius 2 is 1.85 bits per heavy atom. The van der Waals surface area contributed by atoms with Gasteiger partial charge in [0.1, 0.15) is 4.21 Å². The Morgan fingerprint density at radius 1 is 1.12 bits per heavy atom. The number of ether oxygens (including phenoxy) is 2. The number of sulfonamides is 1. The van der Waals surface area contributed by atoms with Crippen LogP contribution < -0.4 is 4.31 Å². The van der Waals surface area contributed by atoms with Crippen molar-refractivity contribution in [3.63, 3.8) is 0 Å². The third-order valence-corrected chi connectivity index (χ3v) is 8.98. The largest absolute Gasteiger partial charge is 0.346 e. The Balaban J connectivity index is 1.53. The zero-order valence-corrected chi connectivity index (χ0v) is 16.0. The van der Waals surface area contributed by atoms with Crippen LogP contribution in [0.4, 0.5) is 5.69 Å². The Morgan fingerprint density at radius 3 is 2.62 bits per heavy atom. The molecule has 1 saturated carbocycles. The first-order valence-electron chi connectivity index (χ1n) is 9.04. The molecule has 1 saturated heterocycles. The summed E-state index contributed by atoms with van der Waals surface area (Å²) in [5.41, 5.74) is 2.81. The van der Waals surface area contributed by atoms with Crippen molar-refractivity contribution in [1.29, 1.82) is 0 Å². The lowest BCUT2D eigenvalue weighted by molar-refractivity contribution is -0.0438. The van der Waals surface area contributed by atoms with E-state index in [1.54, 1.807) is 10.4 Å². The second-order valence-electron chi connectivity index (χ2n) is 7.29. The van der Waals surface area contributed by atoms with Gasteiger partial charge in [0.15, 0.2) is 6.29 Å². The Labute approximate surface area is 157 Å². The summed E-state index contributed by atoms with van der Waals surface area (Å²) in [5, 5.41) is 1.83. The predicted molar refractivity (Wildman–Crippen MR) is 100 cm³/mol. The third-order valence-electron chi connectivity index (χ3n) is 5.79. The van der Waals surface area contributed by atoms with Gasteiger partial charge in [-0.3, -0.25) is 4.31 Å². The maximum Gasteiger partial charge on any atom is 0.273 e. The minimum atomic E-state index is -3.58. The lowest BCUT2D eigenvalue weighted by Crippen LogP contribution is -2.35. The predicted octanol–water partition coefficient (Wildman–Crippen LogP) is 3.81. The molecule has 2 aliphatic heterocycles. The molecule has 0 amide bonds. The Bertz CT molecular complexity index is 925. The molecule has 1 aliphatic carbocycles. The van der Waals surface area contributed by atoms with Gasteiger partial charge in [-0.15, -0.1) is 11.3 Å². The number of para-hydroxylation sites is 1. The SMILES string of the molecule is O=S(=O)(c1cc(C2OCCO2)cs1)N1CC2(CCCC2)c2ccccc21. The van der Waals surface area contributed by atoms with E-state index in [0.29, 0.717) is 24.0 Å². The molecule has 1 aromatic carbocycles. The molecule has 7 heteroatoms. The Hall–Kier alpha value is -1.41. The molecule has 2 fully saturated rings. The summed E-state index contributed by atoms with van der Waals surface area (Å²) in [6, 6.07) is 9.70. The summed E-state index contributed by atoms with van der Waals surface area (Å²) in [7, 11) is -3.58. The van der Waals surface area contributed by atoms with Crippen LogP contribution in [0.1, 0.15) is 43.1 Å². The minimum Gasteiger partial charge on any atom is -0.346 e. The summed E-state index contributed by atoms with van der Waals surface area (Å²) >= 11 is 1.25. The molecule has 2 aromatic rings. The number of hydrogen-bond acceptors (Lipinski definition) is 5. The highest BCUT2D eigenvalue weighted by Gasteiger charge is 2.48. The average molecular weight is 392 g/mol. The van der Waals surface area contributed by atoms with Crippen molar-refractivity contribution in [2.75, 3.05) is 24.1 Å². The van der Waals surface area contributed by atoms with Crippen LogP contribution in [0.25, 0.3) is 0 Å². The number of rotatable bonds is 3. The second-order valence-corrected chi connectivity index (χ2v) is 10.3. The van der Waals surface area contributed by atoms with Gasteiger partial charge in [-0.05, 0) is 30.5 Å². The molecule has 26 heavy (non-hydrogen) atoms. The summed E-state index contributed by atoms with van der Waals surface area (Å²) in [6.07, 6.45) is 4.02. The van der Waals surface area contributed by atoms with Gasteiger partial charge in [-0.2, -0.15) is 0 Å². The summed E-state index contributed by atoms with van der Waals surface area (Å²) in [4.78, 5) is 0. The van der Waals surface area contributed by atoms with Gasteiger partial charge in [0.25, 0.3) is 10.0 Å². The second kappa shape index (κ2) is 6.05. The van der Waals surface area contributed by atoms with Gasteiger partial charge in [0, 0.05) is 22.9 Å². The zero-order chi connectivity index (χ0) is 17.8. The number of fused-ring (bicyclic) bond motifs is 2. The number of nitrogens with zero attached hydrogens (tertiary/aromatic N) is 1. The fourth-order valence-corrected chi connectivity index (χ4v) is 7.40. The molecule has 0 radical (unpaired) electrons. The standard InChI is InChI=1S/C19H21NO4S2/c21-26(22,17-11-14(12-25-17)18-23-9-10-24-18)20-13-19(7-3-4-8-19)15-5-1-2-6-16(15)20/h1-2,5-6,11-12,18H,3-4,7-10,13H2. The van der Waals surface area contributed by atoms with Crippen molar-refractivity contribution < 1.29 is 17.9 Å². The highest BCUT2D eigenvalue weighted by Crippen LogP contribution is 2.52. The van der Waals surface area contributed by atoms with Crippen molar-refractivity contribution in [3.8, 4) is 0 Å². The molecule has 138 valence electrons. The van der Waals surface area contributed by atoms with E-state index in [1.807, 2.05) is 23.6 Å². The molecule has 5 nitrogen and oxygen atoms in total. The van der Waals surface area contributed by atoms with Crippen LogP contribution >= 0.6 is 11.3 Å². The van der Waals surface area contributed by atoms with Crippen LogP contribution in [0.2, 0.25) is 0 Å². The van der Waals surface area contributed by atoms with Gasteiger partial charge < -0.3 is 9.47 Å². The van der Waals surface area contributed by atoms with Crippen molar-refractivity contribution in [1.82, 2.24) is 0 Å². The van der Waals surface area contributed by atoms with E-state index < -0.39 is 16.3 Å². The van der Waals surface area contributed by atoms with Gasteiger partial charge in [0.05, 0.1) is 18.9 Å². The minimum absolute atomic E-state index is 0.0125. The quantitative estimate of drug-likeness (QED) is 0.798. The molecular formula is C19H21NO4S2. The van der Waals surface area contributed by atoms with Crippen LogP contribution in [0.3, 0.4) is 0 Å². The number of hydrogen-bond donors (Lipinski definition) is 0. The fraction of sp³-hybridized carbons (Fsp3) is 0.474. The van der Waals surface area contributed by atoms with Crippen LogP contribution in [0, 0.1) is 0 Å². The highest BCUT2D eigenvalue weighted by molar-refractivity contribution is 7.94. The van der Waals surface area contributed by atoms with Gasteiger partial charge >= 0.3 is 0 Å². The van der Waals surface area contributed by atoms with E-state index in [4.69, 9.17) is 9.47 Å². The van der Waals surface area contributed by atoms with E-state index in [0.717, 1.165) is 24.1 Å². The van der Waals surface area contributed by atoms with E-state index in [2.05, 4.69) is 6.07 Å². The lowest BCUT2D eigenvalue weighted by atomic mass is 9.81. The molecule has 3 heterocycles. The van der Waals surface area contributed by atoms with Crippen LogP contribution in [0.15, 0.2) is 39.9 Å². The zero-order valence-electron chi connectivity index (χ0n) is 14.4. The number of anilines is 1. The molecular weight excluding hydrogens is 370 g/mol.